The number of methoxy groups -OCH3 is 1. The van der Waals surface area contributed by atoms with E-state index < -0.39 is 0 Å². The lowest BCUT2D eigenvalue weighted by atomic mass is 10.1. The second-order valence-corrected chi connectivity index (χ2v) is 7.19. The number of benzene rings is 3. The van der Waals surface area contributed by atoms with Gasteiger partial charge in [-0.15, -0.1) is 0 Å². The highest BCUT2D eigenvalue weighted by atomic mass is 16.5. The van der Waals surface area contributed by atoms with Crippen LogP contribution in [0.2, 0.25) is 0 Å². The lowest BCUT2D eigenvalue weighted by Gasteiger charge is -2.27. The van der Waals surface area contributed by atoms with Crippen molar-refractivity contribution in [2.24, 2.45) is 5.10 Å². The van der Waals surface area contributed by atoms with E-state index in [0.29, 0.717) is 12.1 Å². The molecule has 1 atom stereocenters. The fraction of sp³-hybridized carbons (Fsp3) is 0.200. The van der Waals surface area contributed by atoms with Crippen LogP contribution in [0.3, 0.4) is 0 Å². The van der Waals surface area contributed by atoms with Crippen LogP contribution < -0.4 is 10.1 Å². The molecule has 5 nitrogen and oxygen atoms in total. The Kier molecular flexibility index (Phi) is 6.09. The summed E-state index contributed by atoms with van der Waals surface area (Å²) in [6.07, 6.45) is 0.878. The van der Waals surface area contributed by atoms with E-state index >= 15 is 0 Å². The van der Waals surface area contributed by atoms with Gasteiger partial charge >= 0.3 is 0 Å². The maximum atomic E-state index is 12.6. The topological polar surface area (TPSA) is 53.9 Å². The van der Waals surface area contributed by atoms with Crippen LogP contribution >= 0.6 is 0 Å². The van der Waals surface area contributed by atoms with Gasteiger partial charge in [-0.25, -0.2) is 0 Å². The predicted molar refractivity (Wildman–Crippen MR) is 119 cm³/mol. The molecule has 0 unspecified atom stereocenters. The zero-order valence-electron chi connectivity index (χ0n) is 17.0. The van der Waals surface area contributed by atoms with Gasteiger partial charge in [0.15, 0.2) is 0 Å². The number of ether oxygens (including phenoxy) is 1. The van der Waals surface area contributed by atoms with Crippen molar-refractivity contribution >= 4 is 11.6 Å². The minimum absolute atomic E-state index is 0.0650. The molecule has 30 heavy (non-hydrogen) atoms. The van der Waals surface area contributed by atoms with Crippen LogP contribution in [-0.4, -0.2) is 36.8 Å². The smallest absolute Gasteiger partial charge is 0.251 e. The van der Waals surface area contributed by atoms with Crippen molar-refractivity contribution in [3.8, 4) is 5.75 Å². The van der Waals surface area contributed by atoms with Crippen LogP contribution in [0.5, 0.6) is 5.75 Å². The molecule has 1 heterocycles. The first-order valence-corrected chi connectivity index (χ1v) is 10.1. The number of amides is 1. The highest BCUT2D eigenvalue weighted by Gasteiger charge is 2.25. The average molecular weight is 399 g/mol. The number of hydrazone groups is 1. The van der Waals surface area contributed by atoms with Gasteiger partial charge < -0.3 is 10.1 Å². The molecule has 1 aliphatic rings. The number of hydrogen-bond donors (Lipinski definition) is 1. The molecule has 0 aromatic heterocycles. The molecular formula is C25H25N3O2. The van der Waals surface area contributed by atoms with E-state index in [9.17, 15) is 4.79 Å². The van der Waals surface area contributed by atoms with Gasteiger partial charge in [0, 0.05) is 25.1 Å². The largest absolute Gasteiger partial charge is 0.497 e. The van der Waals surface area contributed by atoms with Crippen molar-refractivity contribution in [1.82, 2.24) is 10.3 Å². The summed E-state index contributed by atoms with van der Waals surface area (Å²) in [6.45, 7) is 1.27. The Hall–Kier alpha value is -3.60. The summed E-state index contributed by atoms with van der Waals surface area (Å²) in [7, 11) is 1.66. The molecule has 0 saturated carbocycles. The summed E-state index contributed by atoms with van der Waals surface area (Å²) in [4.78, 5) is 12.6. The van der Waals surface area contributed by atoms with Crippen LogP contribution in [0.1, 0.15) is 33.9 Å². The van der Waals surface area contributed by atoms with E-state index in [-0.39, 0.29) is 11.9 Å². The van der Waals surface area contributed by atoms with Gasteiger partial charge in [-0.3, -0.25) is 9.80 Å². The Balaban J connectivity index is 1.56. The van der Waals surface area contributed by atoms with Crippen LogP contribution in [0.25, 0.3) is 0 Å². The molecule has 3 aromatic rings. The van der Waals surface area contributed by atoms with Crippen molar-refractivity contribution in [2.45, 2.75) is 12.5 Å². The molecule has 5 heteroatoms. The molecule has 0 spiro atoms. The molecular weight excluding hydrogens is 374 g/mol. The van der Waals surface area contributed by atoms with Crippen LogP contribution in [0.15, 0.2) is 90.0 Å². The molecule has 0 aliphatic carbocycles. The highest BCUT2D eigenvalue weighted by Crippen LogP contribution is 2.27. The van der Waals surface area contributed by atoms with E-state index in [4.69, 9.17) is 9.84 Å². The molecule has 152 valence electrons. The second kappa shape index (κ2) is 9.27. The normalized spacial score (nSPS) is 14.2. The Morgan fingerprint density at radius 3 is 2.33 bits per heavy atom. The standard InChI is InChI=1S/C25H25N3O2/c1-30-22-14-12-20(13-15-22)24(18-26-25(29)21-10-6-3-7-11-21)28-17-16-23(27-28)19-8-4-2-5-9-19/h2-15,24H,16-18H2,1H3,(H,26,29)/t24-/m1/s1. The van der Waals surface area contributed by atoms with Gasteiger partial charge in [-0.05, 0) is 35.4 Å². The van der Waals surface area contributed by atoms with E-state index in [2.05, 4.69) is 22.5 Å². The number of rotatable bonds is 7. The Labute approximate surface area is 177 Å². The van der Waals surface area contributed by atoms with Gasteiger partial charge in [-0.2, -0.15) is 5.10 Å². The Bertz CT molecular complexity index is 1000. The molecule has 0 fully saturated rings. The van der Waals surface area contributed by atoms with Crippen LogP contribution in [0, 0.1) is 0 Å². The van der Waals surface area contributed by atoms with Crippen molar-refractivity contribution in [3.63, 3.8) is 0 Å². The SMILES string of the molecule is COc1ccc([C@@H](CNC(=O)c2ccccc2)N2CCC(c3ccccc3)=N2)cc1. The summed E-state index contributed by atoms with van der Waals surface area (Å²) < 4.78 is 5.29. The molecule has 0 saturated heterocycles. The van der Waals surface area contributed by atoms with Gasteiger partial charge in [0.25, 0.3) is 5.91 Å². The summed E-state index contributed by atoms with van der Waals surface area (Å²) in [6, 6.07) is 27.4. The number of carbonyl (C=O) groups is 1. The van der Waals surface area contributed by atoms with Crippen LogP contribution in [-0.2, 0) is 0 Å². The molecule has 0 radical (unpaired) electrons. The van der Waals surface area contributed by atoms with E-state index in [1.54, 1.807) is 7.11 Å². The lowest BCUT2D eigenvalue weighted by Crippen LogP contribution is -2.35. The zero-order valence-corrected chi connectivity index (χ0v) is 17.0. The third-order valence-electron chi connectivity index (χ3n) is 5.29. The maximum Gasteiger partial charge on any atom is 0.251 e. The summed E-state index contributed by atoms with van der Waals surface area (Å²) in [5, 5.41) is 10.1. The highest BCUT2D eigenvalue weighted by molar-refractivity contribution is 6.01. The number of carbonyl (C=O) groups excluding carboxylic acids is 1. The molecule has 1 N–H and O–H groups in total. The molecule has 0 bridgehead atoms. The van der Waals surface area contributed by atoms with Gasteiger partial charge in [0.2, 0.25) is 0 Å². The summed E-state index contributed by atoms with van der Waals surface area (Å²) >= 11 is 0. The first-order chi connectivity index (χ1) is 14.7. The number of nitrogens with one attached hydrogen (secondary N) is 1. The van der Waals surface area contributed by atoms with Gasteiger partial charge in [-0.1, -0.05) is 60.7 Å². The van der Waals surface area contributed by atoms with Gasteiger partial charge in [0.05, 0.1) is 18.9 Å². The van der Waals surface area contributed by atoms with E-state index in [0.717, 1.165) is 35.6 Å². The minimum Gasteiger partial charge on any atom is -0.497 e. The molecule has 3 aromatic carbocycles. The average Bonchev–Trinajstić information content (AvgIpc) is 3.30. The number of hydrogen-bond acceptors (Lipinski definition) is 4. The fourth-order valence-corrected chi connectivity index (χ4v) is 3.64. The first-order valence-electron chi connectivity index (χ1n) is 10.1. The quantitative estimate of drug-likeness (QED) is 0.645. The summed E-state index contributed by atoms with van der Waals surface area (Å²) in [5.41, 5.74) is 3.95. The monoisotopic (exact) mass is 399 g/mol. The second-order valence-electron chi connectivity index (χ2n) is 7.19. The molecule has 1 aliphatic heterocycles. The summed E-state index contributed by atoms with van der Waals surface area (Å²) in [5.74, 6) is 0.723. The maximum absolute atomic E-state index is 12.6. The molecule has 4 rings (SSSR count). The minimum atomic E-state index is -0.0828. The Morgan fingerprint density at radius 1 is 1.00 bits per heavy atom. The van der Waals surface area contributed by atoms with Gasteiger partial charge in [0.1, 0.15) is 5.75 Å². The van der Waals surface area contributed by atoms with E-state index in [1.807, 2.05) is 72.8 Å². The molecule has 1 amide bonds. The predicted octanol–water partition coefficient (Wildman–Crippen LogP) is 4.28. The first kappa shape index (κ1) is 19.7. The third kappa shape index (κ3) is 4.51. The fourth-order valence-electron chi connectivity index (χ4n) is 3.64. The van der Waals surface area contributed by atoms with Crippen molar-refractivity contribution in [2.75, 3.05) is 20.2 Å². The van der Waals surface area contributed by atoms with Crippen molar-refractivity contribution < 1.29 is 9.53 Å². The van der Waals surface area contributed by atoms with Crippen molar-refractivity contribution in [3.05, 3.63) is 102 Å². The zero-order chi connectivity index (χ0) is 20.8. The van der Waals surface area contributed by atoms with Crippen molar-refractivity contribution in [1.29, 1.82) is 0 Å². The lowest BCUT2D eigenvalue weighted by molar-refractivity contribution is 0.0936. The third-order valence-corrected chi connectivity index (χ3v) is 5.29. The van der Waals surface area contributed by atoms with Crippen LogP contribution in [0.4, 0.5) is 0 Å². The van der Waals surface area contributed by atoms with E-state index in [1.165, 1.54) is 0 Å². The Morgan fingerprint density at radius 2 is 1.67 bits per heavy atom. The number of nitrogens with zero attached hydrogens (tertiary/aromatic N) is 2.